The molecule has 4 aromatic rings. The maximum absolute atomic E-state index is 13.0. The van der Waals surface area contributed by atoms with Crippen molar-refractivity contribution in [2.45, 2.75) is 26.2 Å². The molecule has 2 aromatic carbocycles. The lowest BCUT2D eigenvalue weighted by atomic mass is 9.89. The number of H-pyrrole nitrogens is 1. The Balaban J connectivity index is 1.32. The normalized spacial score (nSPS) is 15.0. The van der Waals surface area contributed by atoms with Gasteiger partial charge in [0.2, 0.25) is 0 Å². The van der Waals surface area contributed by atoms with E-state index in [9.17, 15) is 4.79 Å². The molecule has 0 saturated carbocycles. The van der Waals surface area contributed by atoms with Gasteiger partial charge in [0.25, 0.3) is 5.56 Å². The minimum absolute atomic E-state index is 0.0777. The molecule has 2 heterocycles. The van der Waals surface area contributed by atoms with E-state index in [-0.39, 0.29) is 5.56 Å². The molecule has 0 amide bonds. The van der Waals surface area contributed by atoms with Gasteiger partial charge < -0.3 is 23.9 Å². The summed E-state index contributed by atoms with van der Waals surface area (Å²) in [6, 6.07) is 13.0. The minimum atomic E-state index is -0.0777. The Morgan fingerprint density at radius 3 is 2.69 bits per heavy atom. The monoisotopic (exact) mass is 492 g/mol. The van der Waals surface area contributed by atoms with Crippen LogP contribution in [0.4, 0.5) is 0 Å². The number of aromatic amines is 1. The minimum Gasteiger partial charge on any atom is -0.497 e. The molecular formula is C27H28N2O5S. The van der Waals surface area contributed by atoms with Crippen LogP contribution in [-0.4, -0.2) is 37.4 Å². The standard InChI is InChI=1S/C27H28N2O5S/c1-16-7-9-20-23(13-16)35-27-24(20)26(30)28-25(29-27)17-8-10-21(22(14-17)32-3)34-12-11-33-19-6-4-5-18(15-19)31-2/h4-6,8,10,14-16H,7,9,11-13H2,1-3H3,(H,28,29,30)/t16-/m0/s1. The van der Waals surface area contributed by atoms with Gasteiger partial charge in [0, 0.05) is 16.5 Å². The second-order valence-corrected chi connectivity index (χ2v) is 9.77. The van der Waals surface area contributed by atoms with Crippen LogP contribution in [0, 0.1) is 5.92 Å². The molecule has 1 N–H and O–H groups in total. The topological polar surface area (TPSA) is 82.7 Å². The van der Waals surface area contributed by atoms with Crippen LogP contribution in [0.3, 0.4) is 0 Å². The maximum atomic E-state index is 13.0. The fourth-order valence-electron chi connectivity index (χ4n) is 4.42. The molecule has 0 aliphatic heterocycles. The van der Waals surface area contributed by atoms with Crippen molar-refractivity contribution < 1.29 is 18.9 Å². The Morgan fingerprint density at radius 2 is 1.86 bits per heavy atom. The number of rotatable bonds is 8. The van der Waals surface area contributed by atoms with Crippen LogP contribution in [0.1, 0.15) is 23.8 Å². The first-order chi connectivity index (χ1) is 17.1. The van der Waals surface area contributed by atoms with E-state index in [1.807, 2.05) is 42.5 Å². The Kier molecular flexibility index (Phi) is 6.63. The third-order valence-corrected chi connectivity index (χ3v) is 7.40. The van der Waals surface area contributed by atoms with Crippen molar-refractivity contribution in [3.05, 3.63) is 63.3 Å². The van der Waals surface area contributed by atoms with E-state index < -0.39 is 0 Å². The van der Waals surface area contributed by atoms with Gasteiger partial charge in [0.1, 0.15) is 35.4 Å². The number of hydrogen-bond acceptors (Lipinski definition) is 7. The number of hydrogen-bond donors (Lipinski definition) is 1. The lowest BCUT2D eigenvalue weighted by Gasteiger charge is -2.17. The van der Waals surface area contributed by atoms with Gasteiger partial charge >= 0.3 is 0 Å². The Hall–Kier alpha value is -3.52. The van der Waals surface area contributed by atoms with Gasteiger partial charge in [-0.3, -0.25) is 4.79 Å². The molecule has 1 aliphatic carbocycles. The second kappa shape index (κ2) is 10.00. The number of nitrogens with one attached hydrogen (secondary N) is 1. The molecule has 35 heavy (non-hydrogen) atoms. The average molecular weight is 493 g/mol. The van der Waals surface area contributed by atoms with Crippen molar-refractivity contribution in [1.29, 1.82) is 0 Å². The number of thiophene rings is 1. The van der Waals surface area contributed by atoms with Crippen LogP contribution in [0.2, 0.25) is 0 Å². The van der Waals surface area contributed by atoms with Crippen molar-refractivity contribution in [3.8, 4) is 34.4 Å². The smallest absolute Gasteiger partial charge is 0.260 e. The zero-order valence-electron chi connectivity index (χ0n) is 20.1. The van der Waals surface area contributed by atoms with E-state index in [0.29, 0.717) is 42.2 Å². The fraction of sp³-hybridized carbons (Fsp3) is 0.333. The summed E-state index contributed by atoms with van der Waals surface area (Å²) in [5.74, 6) is 3.78. The predicted molar refractivity (Wildman–Crippen MR) is 137 cm³/mol. The summed E-state index contributed by atoms with van der Waals surface area (Å²) >= 11 is 1.64. The molecule has 0 fully saturated rings. The van der Waals surface area contributed by atoms with Crippen LogP contribution in [0.5, 0.6) is 23.0 Å². The Labute approximate surface area is 207 Å². The van der Waals surface area contributed by atoms with Crippen LogP contribution in [0.25, 0.3) is 21.6 Å². The maximum Gasteiger partial charge on any atom is 0.260 e. The molecule has 0 unspecified atom stereocenters. The van der Waals surface area contributed by atoms with Gasteiger partial charge in [-0.1, -0.05) is 13.0 Å². The van der Waals surface area contributed by atoms with Gasteiger partial charge in [-0.25, -0.2) is 4.98 Å². The molecular weight excluding hydrogens is 464 g/mol. The Morgan fingerprint density at radius 1 is 1.03 bits per heavy atom. The number of aryl methyl sites for hydroxylation is 1. The van der Waals surface area contributed by atoms with E-state index in [0.717, 1.165) is 40.8 Å². The molecule has 7 nitrogen and oxygen atoms in total. The van der Waals surface area contributed by atoms with E-state index in [4.69, 9.17) is 23.9 Å². The highest BCUT2D eigenvalue weighted by atomic mass is 32.1. The first kappa shape index (κ1) is 23.2. The largest absolute Gasteiger partial charge is 0.497 e. The summed E-state index contributed by atoms with van der Waals surface area (Å²) in [5.41, 5.74) is 1.87. The summed E-state index contributed by atoms with van der Waals surface area (Å²) in [4.78, 5) is 22.9. The first-order valence-corrected chi connectivity index (χ1v) is 12.5. The Bertz CT molecular complexity index is 1410. The van der Waals surface area contributed by atoms with Gasteiger partial charge in [0.05, 0.1) is 19.6 Å². The third-order valence-electron chi connectivity index (χ3n) is 6.25. The van der Waals surface area contributed by atoms with Gasteiger partial charge in [0.15, 0.2) is 11.5 Å². The predicted octanol–water partition coefficient (Wildman–Crippen LogP) is 5.25. The van der Waals surface area contributed by atoms with Gasteiger partial charge in [-0.15, -0.1) is 11.3 Å². The highest BCUT2D eigenvalue weighted by Crippen LogP contribution is 2.37. The fourth-order valence-corrected chi connectivity index (χ4v) is 5.81. The van der Waals surface area contributed by atoms with E-state index in [1.54, 1.807) is 25.6 Å². The van der Waals surface area contributed by atoms with Crippen molar-refractivity contribution in [3.63, 3.8) is 0 Å². The molecule has 8 heteroatoms. The van der Waals surface area contributed by atoms with E-state index in [1.165, 1.54) is 10.4 Å². The molecule has 0 bridgehead atoms. The molecule has 1 atom stereocenters. The molecule has 0 saturated heterocycles. The van der Waals surface area contributed by atoms with Crippen molar-refractivity contribution in [2.75, 3.05) is 27.4 Å². The highest BCUT2D eigenvalue weighted by Gasteiger charge is 2.23. The molecule has 0 spiro atoms. The number of ether oxygens (including phenoxy) is 4. The summed E-state index contributed by atoms with van der Waals surface area (Å²) in [6.07, 6.45) is 3.08. The number of fused-ring (bicyclic) bond motifs is 3. The summed E-state index contributed by atoms with van der Waals surface area (Å²) < 4.78 is 22.4. The summed E-state index contributed by atoms with van der Waals surface area (Å²) in [5, 5.41) is 0.753. The SMILES string of the molecule is COc1cccc(OCCOc2ccc(-c3nc4sc5c(c4c(=O)[nH]3)CC[C@H](C)C5)cc2OC)c1. The second-order valence-electron chi connectivity index (χ2n) is 8.69. The number of aromatic nitrogens is 2. The molecule has 0 radical (unpaired) electrons. The van der Waals surface area contributed by atoms with E-state index >= 15 is 0 Å². The van der Waals surface area contributed by atoms with Gasteiger partial charge in [-0.2, -0.15) is 0 Å². The number of methoxy groups -OCH3 is 2. The lowest BCUT2D eigenvalue weighted by molar-refractivity contribution is 0.211. The zero-order valence-corrected chi connectivity index (χ0v) is 20.9. The van der Waals surface area contributed by atoms with Crippen molar-refractivity contribution in [1.82, 2.24) is 9.97 Å². The third kappa shape index (κ3) is 4.84. The number of nitrogens with zero attached hydrogens (tertiary/aromatic N) is 1. The first-order valence-electron chi connectivity index (χ1n) is 11.7. The van der Waals surface area contributed by atoms with Crippen molar-refractivity contribution >= 4 is 21.6 Å². The molecule has 2 aromatic heterocycles. The summed E-state index contributed by atoms with van der Waals surface area (Å²) in [6.45, 7) is 2.97. The van der Waals surface area contributed by atoms with Crippen LogP contribution in [-0.2, 0) is 12.8 Å². The zero-order chi connectivity index (χ0) is 24.4. The molecule has 1 aliphatic rings. The molecule has 182 valence electrons. The lowest BCUT2D eigenvalue weighted by Crippen LogP contribution is -2.13. The van der Waals surface area contributed by atoms with Gasteiger partial charge in [-0.05, 0) is 61.1 Å². The highest BCUT2D eigenvalue weighted by molar-refractivity contribution is 7.18. The van der Waals surface area contributed by atoms with Crippen LogP contribution < -0.4 is 24.5 Å². The van der Waals surface area contributed by atoms with Crippen LogP contribution in [0.15, 0.2) is 47.3 Å². The average Bonchev–Trinajstić information content (AvgIpc) is 3.24. The quantitative estimate of drug-likeness (QED) is 0.338. The molecule has 5 rings (SSSR count). The number of benzene rings is 2. The van der Waals surface area contributed by atoms with E-state index in [2.05, 4.69) is 11.9 Å². The summed E-state index contributed by atoms with van der Waals surface area (Å²) in [7, 11) is 3.21. The van der Waals surface area contributed by atoms with Crippen molar-refractivity contribution in [2.24, 2.45) is 5.92 Å². The van der Waals surface area contributed by atoms with Crippen LogP contribution >= 0.6 is 11.3 Å².